The van der Waals surface area contributed by atoms with Crippen LogP contribution in [0.4, 0.5) is 5.82 Å². The summed E-state index contributed by atoms with van der Waals surface area (Å²) in [6.45, 7) is 6.49. The summed E-state index contributed by atoms with van der Waals surface area (Å²) in [5.41, 5.74) is 1.40. The highest BCUT2D eigenvalue weighted by Gasteiger charge is 2.30. The van der Waals surface area contributed by atoms with Gasteiger partial charge in [0.1, 0.15) is 11.6 Å². The molecule has 3 aromatic rings. The van der Waals surface area contributed by atoms with Gasteiger partial charge in [0.05, 0.1) is 17.7 Å². The average Bonchev–Trinajstić information content (AvgIpc) is 3.23. The molecule has 0 saturated carbocycles. The Morgan fingerprint density at radius 2 is 1.93 bits per heavy atom. The third kappa shape index (κ3) is 3.50. The molecule has 29 heavy (non-hydrogen) atoms. The Balaban J connectivity index is 1.65. The van der Waals surface area contributed by atoms with Gasteiger partial charge in [-0.15, -0.1) is 0 Å². The molecule has 0 aliphatic carbocycles. The summed E-state index contributed by atoms with van der Waals surface area (Å²) in [4.78, 5) is 25.4. The molecule has 3 heterocycles. The molecule has 1 aliphatic rings. The zero-order chi connectivity index (χ0) is 20.8. The Hall–Kier alpha value is -3.16. The van der Waals surface area contributed by atoms with E-state index in [1.54, 1.807) is 17.8 Å². The number of nitrogens with one attached hydrogen (secondary N) is 1. The average molecular weight is 394 g/mol. The van der Waals surface area contributed by atoms with Gasteiger partial charge in [-0.25, -0.2) is 14.2 Å². The predicted molar refractivity (Wildman–Crippen MR) is 111 cm³/mol. The normalized spacial score (nSPS) is 16.5. The number of aryl methyl sites for hydroxylation is 2. The van der Waals surface area contributed by atoms with Crippen molar-refractivity contribution in [3.63, 3.8) is 0 Å². The van der Waals surface area contributed by atoms with E-state index in [9.17, 15) is 9.59 Å². The summed E-state index contributed by atoms with van der Waals surface area (Å²) < 4.78 is 4.78. The third-order valence-corrected chi connectivity index (χ3v) is 5.31. The number of rotatable bonds is 3. The minimum absolute atomic E-state index is 0.102. The summed E-state index contributed by atoms with van der Waals surface area (Å²) in [6.07, 6.45) is 3.06. The minimum Gasteiger partial charge on any atom is -0.310 e. The molecule has 0 saturated heterocycles. The van der Waals surface area contributed by atoms with Gasteiger partial charge in [0.2, 0.25) is 5.91 Å². The Kier molecular flexibility index (Phi) is 4.64. The number of nitrogens with zero attached hydrogens (tertiary/aromatic N) is 5. The molecule has 1 amide bonds. The smallest absolute Gasteiger partial charge is 0.310 e. The summed E-state index contributed by atoms with van der Waals surface area (Å²) in [5.74, 6) is 1.02. The molecule has 1 N–H and O–H groups in total. The Morgan fingerprint density at radius 1 is 1.21 bits per heavy atom. The maximum Gasteiger partial charge on any atom is 0.345 e. The first-order valence-corrected chi connectivity index (χ1v) is 9.83. The number of carbonyl (C=O) groups is 1. The van der Waals surface area contributed by atoms with E-state index >= 15 is 0 Å². The van der Waals surface area contributed by atoms with Crippen molar-refractivity contribution in [2.24, 2.45) is 13.0 Å². The zero-order valence-electron chi connectivity index (χ0n) is 17.2. The van der Waals surface area contributed by atoms with Crippen molar-refractivity contribution in [2.45, 2.75) is 45.7 Å². The summed E-state index contributed by atoms with van der Waals surface area (Å²) in [6, 6.07) is 9.89. The maximum absolute atomic E-state index is 13.2. The van der Waals surface area contributed by atoms with E-state index in [0.717, 1.165) is 17.0 Å². The van der Waals surface area contributed by atoms with Crippen molar-refractivity contribution in [1.82, 2.24) is 24.1 Å². The fourth-order valence-electron chi connectivity index (χ4n) is 3.78. The highest BCUT2D eigenvalue weighted by Crippen LogP contribution is 2.32. The Labute approximate surface area is 169 Å². The maximum atomic E-state index is 13.2. The molecule has 0 bridgehead atoms. The van der Waals surface area contributed by atoms with E-state index in [0.29, 0.717) is 25.2 Å². The van der Waals surface area contributed by atoms with E-state index in [4.69, 9.17) is 0 Å². The van der Waals surface area contributed by atoms with Gasteiger partial charge < -0.3 is 5.32 Å². The number of fused-ring (bicyclic) bond motifs is 1. The second-order valence-electron chi connectivity index (χ2n) is 8.51. The highest BCUT2D eigenvalue weighted by molar-refractivity contribution is 5.95. The number of anilines is 1. The van der Waals surface area contributed by atoms with Crippen LogP contribution in [0.25, 0.3) is 11.1 Å². The van der Waals surface area contributed by atoms with Gasteiger partial charge in [0.15, 0.2) is 0 Å². The first-order valence-electron chi connectivity index (χ1n) is 9.83. The van der Waals surface area contributed by atoms with Gasteiger partial charge in [-0.3, -0.25) is 9.36 Å². The molecule has 1 aromatic carbocycles. The topological polar surface area (TPSA) is 86.7 Å². The third-order valence-electron chi connectivity index (χ3n) is 5.31. The van der Waals surface area contributed by atoms with Crippen LogP contribution in [-0.2, 0) is 30.3 Å². The van der Waals surface area contributed by atoms with Crippen molar-refractivity contribution in [3.05, 3.63) is 52.8 Å². The molecule has 0 spiro atoms. The van der Waals surface area contributed by atoms with Crippen molar-refractivity contribution >= 4 is 11.7 Å². The van der Waals surface area contributed by atoms with Gasteiger partial charge in [-0.05, 0) is 32.8 Å². The number of carbonyl (C=O) groups excluding carboxylic acids is 1. The zero-order valence-corrected chi connectivity index (χ0v) is 17.2. The summed E-state index contributed by atoms with van der Waals surface area (Å²) in [7, 11) is 1.64. The van der Waals surface area contributed by atoms with Crippen LogP contribution < -0.4 is 11.0 Å². The Morgan fingerprint density at radius 3 is 2.62 bits per heavy atom. The van der Waals surface area contributed by atoms with Gasteiger partial charge in [-0.1, -0.05) is 30.3 Å². The van der Waals surface area contributed by atoms with Gasteiger partial charge in [0.25, 0.3) is 0 Å². The minimum atomic E-state index is -0.296. The molecular weight excluding hydrogens is 368 g/mol. The van der Waals surface area contributed by atoms with Crippen molar-refractivity contribution < 1.29 is 4.79 Å². The Bertz CT molecular complexity index is 1100. The van der Waals surface area contributed by atoms with E-state index < -0.39 is 0 Å². The molecule has 4 rings (SSSR count). The van der Waals surface area contributed by atoms with E-state index in [2.05, 4.69) is 15.5 Å². The number of hydrogen-bond donors (Lipinski definition) is 1. The van der Waals surface area contributed by atoms with Crippen LogP contribution in [0.3, 0.4) is 0 Å². The molecule has 0 radical (unpaired) electrons. The second-order valence-corrected chi connectivity index (χ2v) is 8.51. The predicted octanol–water partition coefficient (Wildman–Crippen LogP) is 2.40. The first kappa shape index (κ1) is 19.2. The molecule has 1 atom stereocenters. The lowest BCUT2D eigenvalue weighted by atomic mass is 9.98. The lowest BCUT2D eigenvalue weighted by molar-refractivity contribution is -0.120. The van der Waals surface area contributed by atoms with Crippen molar-refractivity contribution in [1.29, 1.82) is 0 Å². The van der Waals surface area contributed by atoms with Crippen LogP contribution in [0.15, 0.2) is 41.3 Å². The fraction of sp³-hybridized carbons (Fsp3) is 0.429. The SMILES string of the molecule is Cn1nc2n(c1=O)CC(C(=O)Nc1c(-c3ccccc3)cnn1C(C)(C)C)CC2. The first-order chi connectivity index (χ1) is 13.8. The van der Waals surface area contributed by atoms with Gasteiger partial charge in [0, 0.05) is 25.6 Å². The van der Waals surface area contributed by atoms with Crippen LogP contribution in [0, 0.1) is 5.92 Å². The molecule has 1 aliphatic heterocycles. The second kappa shape index (κ2) is 7.02. The largest absolute Gasteiger partial charge is 0.345 e. The molecular formula is C21H26N6O2. The number of hydrogen-bond acceptors (Lipinski definition) is 4. The van der Waals surface area contributed by atoms with Gasteiger partial charge >= 0.3 is 5.69 Å². The molecule has 8 heteroatoms. The number of aromatic nitrogens is 5. The highest BCUT2D eigenvalue weighted by atomic mass is 16.2. The molecule has 1 unspecified atom stereocenters. The van der Waals surface area contributed by atoms with Crippen LogP contribution in [0.1, 0.15) is 33.0 Å². The quantitative estimate of drug-likeness (QED) is 0.739. The molecule has 8 nitrogen and oxygen atoms in total. The van der Waals surface area contributed by atoms with Gasteiger partial charge in [-0.2, -0.15) is 10.2 Å². The lowest BCUT2D eigenvalue weighted by Gasteiger charge is -2.26. The van der Waals surface area contributed by atoms with E-state index in [-0.39, 0.29) is 23.1 Å². The van der Waals surface area contributed by atoms with Crippen molar-refractivity contribution in [3.8, 4) is 11.1 Å². The molecule has 0 fully saturated rings. The van der Waals surface area contributed by atoms with Crippen LogP contribution in [-0.4, -0.2) is 30.0 Å². The summed E-state index contributed by atoms with van der Waals surface area (Å²) >= 11 is 0. The standard InChI is InChI=1S/C21H26N6O2/c1-21(2,3)27-18(16(12-22-27)14-8-6-5-7-9-14)23-19(28)15-10-11-17-24-25(4)20(29)26(17)13-15/h5-9,12,15H,10-11,13H2,1-4H3,(H,23,28). The molecule has 152 valence electrons. The fourth-order valence-corrected chi connectivity index (χ4v) is 3.78. The lowest BCUT2D eigenvalue weighted by Crippen LogP contribution is -2.36. The number of amides is 1. The van der Waals surface area contributed by atoms with E-state index in [1.165, 1.54) is 4.68 Å². The number of benzene rings is 1. The van der Waals surface area contributed by atoms with Crippen LogP contribution in [0.2, 0.25) is 0 Å². The molecule has 2 aromatic heterocycles. The van der Waals surface area contributed by atoms with Crippen LogP contribution in [0.5, 0.6) is 0 Å². The van der Waals surface area contributed by atoms with Crippen molar-refractivity contribution in [2.75, 3.05) is 5.32 Å². The monoisotopic (exact) mass is 394 g/mol. The summed E-state index contributed by atoms with van der Waals surface area (Å²) in [5, 5.41) is 11.9. The van der Waals surface area contributed by atoms with Crippen LogP contribution >= 0.6 is 0 Å². The van der Waals surface area contributed by atoms with E-state index in [1.807, 2.05) is 55.8 Å².